The summed E-state index contributed by atoms with van der Waals surface area (Å²) >= 11 is 0. The van der Waals surface area contributed by atoms with E-state index in [4.69, 9.17) is 0 Å². The van der Waals surface area contributed by atoms with Gasteiger partial charge >= 0.3 is 0 Å². The van der Waals surface area contributed by atoms with E-state index in [-0.39, 0.29) is 0 Å². The molecular formula is C13H19N5. The van der Waals surface area contributed by atoms with Gasteiger partial charge < -0.3 is 5.32 Å². The van der Waals surface area contributed by atoms with Crippen molar-refractivity contribution in [2.24, 2.45) is 0 Å². The average molecular weight is 245 g/mol. The van der Waals surface area contributed by atoms with Gasteiger partial charge in [0.05, 0.1) is 11.9 Å². The van der Waals surface area contributed by atoms with Gasteiger partial charge in [0, 0.05) is 30.9 Å². The predicted molar refractivity (Wildman–Crippen MR) is 72.4 cm³/mol. The Morgan fingerprint density at radius 2 is 2.11 bits per heavy atom. The third-order valence-corrected chi connectivity index (χ3v) is 2.65. The molecule has 0 aromatic carbocycles. The van der Waals surface area contributed by atoms with Crippen LogP contribution in [0.2, 0.25) is 0 Å². The lowest BCUT2D eigenvalue weighted by molar-refractivity contribution is 0.660. The topological polar surface area (TPSA) is 55.6 Å². The molecule has 0 spiro atoms. The van der Waals surface area contributed by atoms with Crippen molar-refractivity contribution in [2.75, 3.05) is 11.9 Å². The fourth-order valence-corrected chi connectivity index (χ4v) is 1.73. The van der Waals surface area contributed by atoms with Crippen molar-refractivity contribution >= 4 is 5.82 Å². The van der Waals surface area contributed by atoms with Crippen LogP contribution in [0.3, 0.4) is 0 Å². The molecule has 0 atom stereocenters. The molecular weight excluding hydrogens is 226 g/mol. The number of anilines is 1. The van der Waals surface area contributed by atoms with E-state index in [1.165, 1.54) is 0 Å². The van der Waals surface area contributed by atoms with Gasteiger partial charge in [-0.15, -0.1) is 0 Å². The molecule has 2 aromatic rings. The Hall–Kier alpha value is -1.91. The fraction of sp³-hybridized carbons (Fsp3) is 0.462. The van der Waals surface area contributed by atoms with Gasteiger partial charge in [-0.1, -0.05) is 6.92 Å². The Morgan fingerprint density at radius 3 is 2.78 bits per heavy atom. The van der Waals surface area contributed by atoms with Gasteiger partial charge in [0.1, 0.15) is 11.6 Å². The van der Waals surface area contributed by atoms with Crippen LogP contribution in [0.5, 0.6) is 0 Å². The number of nitrogens with one attached hydrogen (secondary N) is 1. The molecule has 0 aliphatic heterocycles. The fourth-order valence-electron chi connectivity index (χ4n) is 1.73. The third kappa shape index (κ3) is 2.85. The molecule has 2 aromatic heterocycles. The normalized spacial score (nSPS) is 10.6. The Morgan fingerprint density at radius 1 is 1.28 bits per heavy atom. The maximum atomic E-state index is 4.46. The van der Waals surface area contributed by atoms with Crippen LogP contribution in [0.15, 0.2) is 18.5 Å². The lowest BCUT2D eigenvalue weighted by Gasteiger charge is -2.06. The summed E-state index contributed by atoms with van der Waals surface area (Å²) in [6, 6.07) is 1.97. The summed E-state index contributed by atoms with van der Waals surface area (Å²) < 4.78 is 1.89. The first kappa shape index (κ1) is 12.5. The van der Waals surface area contributed by atoms with E-state index in [1.807, 2.05) is 30.1 Å². The Kier molecular flexibility index (Phi) is 3.92. The first-order valence-electron chi connectivity index (χ1n) is 6.35. The van der Waals surface area contributed by atoms with Gasteiger partial charge in [0.2, 0.25) is 0 Å². The molecule has 0 bridgehead atoms. The number of hydrogen-bond acceptors (Lipinski definition) is 4. The highest BCUT2D eigenvalue weighted by atomic mass is 15.3. The molecule has 5 heteroatoms. The third-order valence-electron chi connectivity index (χ3n) is 2.65. The molecule has 5 nitrogen and oxygen atoms in total. The summed E-state index contributed by atoms with van der Waals surface area (Å²) in [6.45, 7) is 7.89. The van der Waals surface area contributed by atoms with E-state index >= 15 is 0 Å². The zero-order valence-electron chi connectivity index (χ0n) is 11.1. The van der Waals surface area contributed by atoms with Gasteiger partial charge in [0.15, 0.2) is 0 Å². The first-order chi connectivity index (χ1) is 8.72. The van der Waals surface area contributed by atoms with Crippen LogP contribution in [0.25, 0.3) is 11.3 Å². The molecule has 96 valence electrons. The van der Waals surface area contributed by atoms with Crippen molar-refractivity contribution in [3.63, 3.8) is 0 Å². The smallest absolute Gasteiger partial charge is 0.130 e. The second-order valence-electron chi connectivity index (χ2n) is 4.20. The molecule has 0 saturated heterocycles. The largest absolute Gasteiger partial charge is 0.370 e. The van der Waals surface area contributed by atoms with Crippen molar-refractivity contribution in [2.45, 2.75) is 33.7 Å². The van der Waals surface area contributed by atoms with Crippen LogP contribution in [-0.4, -0.2) is 26.3 Å². The van der Waals surface area contributed by atoms with E-state index in [0.29, 0.717) is 0 Å². The molecule has 0 radical (unpaired) electrons. The molecule has 0 fully saturated rings. The van der Waals surface area contributed by atoms with Crippen LogP contribution >= 0.6 is 0 Å². The summed E-state index contributed by atoms with van der Waals surface area (Å²) in [5, 5.41) is 7.56. The Bertz CT molecular complexity index is 518. The summed E-state index contributed by atoms with van der Waals surface area (Å²) in [7, 11) is 0. The molecule has 2 heterocycles. The van der Waals surface area contributed by atoms with Crippen molar-refractivity contribution < 1.29 is 0 Å². The lowest BCUT2D eigenvalue weighted by atomic mass is 10.2. The molecule has 0 aliphatic carbocycles. The average Bonchev–Trinajstić information content (AvgIpc) is 2.84. The van der Waals surface area contributed by atoms with Gasteiger partial charge in [-0.25, -0.2) is 9.97 Å². The predicted octanol–water partition coefficient (Wildman–Crippen LogP) is 2.49. The van der Waals surface area contributed by atoms with Crippen molar-refractivity contribution in [3.05, 3.63) is 24.3 Å². The number of hydrogen-bond donors (Lipinski definition) is 1. The highest BCUT2D eigenvalue weighted by Gasteiger charge is 2.06. The second-order valence-corrected chi connectivity index (χ2v) is 4.20. The number of aromatic nitrogens is 4. The van der Waals surface area contributed by atoms with E-state index in [9.17, 15) is 0 Å². The molecule has 1 N–H and O–H groups in total. The van der Waals surface area contributed by atoms with Crippen LogP contribution in [-0.2, 0) is 6.54 Å². The summed E-state index contributed by atoms with van der Waals surface area (Å²) in [5.41, 5.74) is 1.95. The summed E-state index contributed by atoms with van der Waals surface area (Å²) in [5.74, 6) is 1.65. The standard InChI is InChI=1S/C13H19N5/c1-4-6-14-13-7-12(16-10(3)17-13)11-8-15-18(5-2)9-11/h7-9H,4-6H2,1-3H3,(H,14,16,17). The number of nitrogens with zero attached hydrogens (tertiary/aromatic N) is 4. The highest BCUT2D eigenvalue weighted by Crippen LogP contribution is 2.19. The Labute approximate surface area is 107 Å². The SMILES string of the molecule is CCCNc1cc(-c2cnn(CC)c2)nc(C)n1. The van der Waals surface area contributed by atoms with Crippen LogP contribution in [0, 0.1) is 6.92 Å². The second kappa shape index (κ2) is 5.62. The maximum Gasteiger partial charge on any atom is 0.130 e. The zero-order valence-corrected chi connectivity index (χ0v) is 11.1. The van der Waals surface area contributed by atoms with E-state index in [1.54, 1.807) is 0 Å². The minimum Gasteiger partial charge on any atom is -0.370 e. The van der Waals surface area contributed by atoms with Crippen LogP contribution < -0.4 is 5.32 Å². The van der Waals surface area contributed by atoms with Gasteiger partial charge in [0.25, 0.3) is 0 Å². The van der Waals surface area contributed by atoms with Gasteiger partial charge in [-0.05, 0) is 20.3 Å². The Balaban J connectivity index is 2.29. The van der Waals surface area contributed by atoms with E-state index in [2.05, 4.69) is 34.2 Å². The number of rotatable bonds is 5. The number of aryl methyl sites for hydroxylation is 2. The molecule has 0 aliphatic rings. The van der Waals surface area contributed by atoms with E-state index < -0.39 is 0 Å². The van der Waals surface area contributed by atoms with Crippen molar-refractivity contribution in [3.8, 4) is 11.3 Å². The van der Waals surface area contributed by atoms with Crippen molar-refractivity contribution in [1.82, 2.24) is 19.7 Å². The quantitative estimate of drug-likeness (QED) is 0.879. The van der Waals surface area contributed by atoms with E-state index in [0.717, 1.165) is 42.4 Å². The molecule has 2 rings (SSSR count). The molecule has 18 heavy (non-hydrogen) atoms. The minimum atomic E-state index is 0.773. The van der Waals surface area contributed by atoms with Gasteiger partial charge in [-0.2, -0.15) is 5.10 Å². The maximum absolute atomic E-state index is 4.46. The van der Waals surface area contributed by atoms with Crippen molar-refractivity contribution in [1.29, 1.82) is 0 Å². The zero-order chi connectivity index (χ0) is 13.0. The molecule has 0 saturated carbocycles. The van der Waals surface area contributed by atoms with Gasteiger partial charge in [-0.3, -0.25) is 4.68 Å². The van der Waals surface area contributed by atoms with Crippen LogP contribution in [0.4, 0.5) is 5.82 Å². The molecule has 0 amide bonds. The lowest BCUT2D eigenvalue weighted by Crippen LogP contribution is -2.04. The first-order valence-corrected chi connectivity index (χ1v) is 6.35. The summed E-state index contributed by atoms with van der Waals surface area (Å²) in [6.07, 6.45) is 4.92. The summed E-state index contributed by atoms with van der Waals surface area (Å²) in [4.78, 5) is 8.83. The highest BCUT2D eigenvalue weighted by molar-refractivity contribution is 5.60. The monoisotopic (exact) mass is 245 g/mol. The minimum absolute atomic E-state index is 0.773. The molecule has 0 unspecified atom stereocenters. The van der Waals surface area contributed by atoms with Crippen LogP contribution in [0.1, 0.15) is 26.1 Å².